The third-order valence-corrected chi connectivity index (χ3v) is 2.86. The van der Waals surface area contributed by atoms with E-state index >= 15 is 0 Å². The molecule has 5 heteroatoms. The van der Waals surface area contributed by atoms with Crippen molar-refractivity contribution in [1.82, 2.24) is 5.32 Å². The normalized spacial score (nSPS) is 14.1. The van der Waals surface area contributed by atoms with Gasteiger partial charge in [0.1, 0.15) is 11.6 Å². The molecule has 0 bridgehead atoms. The van der Waals surface area contributed by atoms with Gasteiger partial charge in [0.25, 0.3) is 0 Å². The third-order valence-electron chi connectivity index (χ3n) is 2.48. The number of amides is 1. The first kappa shape index (κ1) is 15.1. The van der Waals surface area contributed by atoms with Gasteiger partial charge in [0, 0.05) is 16.4 Å². The fourth-order valence-corrected chi connectivity index (χ4v) is 2.29. The molecule has 1 aromatic carbocycles. The highest BCUT2D eigenvalue weighted by atomic mass is 79.9. The van der Waals surface area contributed by atoms with Gasteiger partial charge in [-0.05, 0) is 25.5 Å². The van der Waals surface area contributed by atoms with Crippen molar-refractivity contribution in [3.05, 3.63) is 35.4 Å². The zero-order valence-electron chi connectivity index (χ0n) is 10.3. The minimum Gasteiger partial charge on any atom is -0.353 e. The highest BCUT2D eigenvalue weighted by Gasteiger charge is 2.15. The smallest absolute Gasteiger partial charge is 0.224 e. The highest BCUT2D eigenvalue weighted by molar-refractivity contribution is 9.09. The number of carbonyl (C=O) groups is 1. The summed E-state index contributed by atoms with van der Waals surface area (Å²) in [6.45, 7) is 3.83. The van der Waals surface area contributed by atoms with E-state index in [1.807, 2.05) is 13.8 Å². The predicted octanol–water partition coefficient (Wildman–Crippen LogP) is 3.19. The largest absolute Gasteiger partial charge is 0.353 e. The first-order valence-corrected chi connectivity index (χ1v) is 6.68. The molecule has 0 fully saturated rings. The third kappa shape index (κ3) is 4.72. The molecule has 1 amide bonds. The molecule has 1 aromatic rings. The fourth-order valence-electron chi connectivity index (χ4n) is 1.73. The molecule has 2 unspecified atom stereocenters. The summed E-state index contributed by atoms with van der Waals surface area (Å²) in [5.41, 5.74) is -0.186. The molecule has 0 aromatic heterocycles. The van der Waals surface area contributed by atoms with Crippen molar-refractivity contribution < 1.29 is 13.6 Å². The summed E-state index contributed by atoms with van der Waals surface area (Å²) in [5, 5.41) is 2.71. The first-order chi connectivity index (χ1) is 8.40. The van der Waals surface area contributed by atoms with Crippen LogP contribution in [-0.4, -0.2) is 16.8 Å². The minimum absolute atomic E-state index is 0.0401. The van der Waals surface area contributed by atoms with Gasteiger partial charge in [-0.2, -0.15) is 0 Å². The lowest BCUT2D eigenvalue weighted by atomic mass is 10.1. The summed E-state index contributed by atoms with van der Waals surface area (Å²) in [6, 6.07) is 3.54. The van der Waals surface area contributed by atoms with Gasteiger partial charge in [0.15, 0.2) is 0 Å². The number of benzene rings is 1. The molecule has 0 radical (unpaired) electrons. The lowest BCUT2D eigenvalue weighted by Gasteiger charge is -2.15. The van der Waals surface area contributed by atoms with E-state index in [4.69, 9.17) is 0 Å². The van der Waals surface area contributed by atoms with Crippen molar-refractivity contribution in [2.45, 2.75) is 37.6 Å². The van der Waals surface area contributed by atoms with Crippen molar-refractivity contribution in [3.63, 3.8) is 0 Å². The number of nitrogens with one attached hydrogen (secondary N) is 1. The van der Waals surface area contributed by atoms with Gasteiger partial charge >= 0.3 is 0 Å². The Labute approximate surface area is 114 Å². The Kier molecular flexibility index (Phi) is 5.72. The molecule has 1 N–H and O–H groups in total. The summed E-state index contributed by atoms with van der Waals surface area (Å²) in [6.07, 6.45) is 0.477. The van der Waals surface area contributed by atoms with Crippen LogP contribution in [0, 0.1) is 11.6 Å². The van der Waals surface area contributed by atoms with Crippen molar-refractivity contribution in [3.8, 4) is 0 Å². The second-order valence-corrected chi connectivity index (χ2v) is 5.93. The maximum atomic E-state index is 13.3. The average molecular weight is 320 g/mol. The van der Waals surface area contributed by atoms with Crippen LogP contribution in [-0.2, 0) is 11.2 Å². The van der Waals surface area contributed by atoms with E-state index in [1.54, 1.807) is 0 Å². The van der Waals surface area contributed by atoms with Crippen LogP contribution in [0.4, 0.5) is 8.78 Å². The van der Waals surface area contributed by atoms with Crippen LogP contribution in [0.2, 0.25) is 0 Å². The topological polar surface area (TPSA) is 29.1 Å². The van der Waals surface area contributed by atoms with Crippen molar-refractivity contribution in [2.24, 2.45) is 0 Å². The molecule has 100 valence electrons. The number of hydrogen-bond donors (Lipinski definition) is 1. The quantitative estimate of drug-likeness (QED) is 0.830. The summed E-state index contributed by atoms with van der Waals surface area (Å²) < 4.78 is 26.7. The van der Waals surface area contributed by atoms with Gasteiger partial charge < -0.3 is 5.32 Å². The van der Waals surface area contributed by atoms with Crippen molar-refractivity contribution in [2.75, 3.05) is 0 Å². The van der Waals surface area contributed by atoms with E-state index in [9.17, 15) is 13.6 Å². The molecule has 1 rings (SSSR count). The zero-order valence-corrected chi connectivity index (χ0v) is 11.9. The maximum Gasteiger partial charge on any atom is 0.224 e. The molecular weight excluding hydrogens is 304 g/mol. The van der Waals surface area contributed by atoms with Gasteiger partial charge in [-0.1, -0.05) is 28.9 Å². The molecule has 2 atom stereocenters. The summed E-state index contributed by atoms with van der Waals surface area (Å²) >= 11 is 3.38. The van der Waals surface area contributed by atoms with E-state index in [0.717, 1.165) is 18.6 Å². The first-order valence-electron chi connectivity index (χ1n) is 5.76. The van der Waals surface area contributed by atoms with Crippen LogP contribution in [0.1, 0.15) is 25.8 Å². The van der Waals surface area contributed by atoms with E-state index in [2.05, 4.69) is 21.2 Å². The molecule has 0 saturated carbocycles. The van der Waals surface area contributed by atoms with Gasteiger partial charge in [-0.15, -0.1) is 0 Å². The van der Waals surface area contributed by atoms with Crippen LogP contribution >= 0.6 is 15.9 Å². The Balaban J connectivity index is 2.60. The number of hydrogen-bond acceptors (Lipinski definition) is 1. The second-order valence-electron chi connectivity index (χ2n) is 4.36. The molecule has 0 aliphatic rings. The van der Waals surface area contributed by atoms with Crippen LogP contribution in [0.25, 0.3) is 0 Å². The van der Waals surface area contributed by atoms with Crippen molar-refractivity contribution >= 4 is 21.8 Å². The van der Waals surface area contributed by atoms with E-state index in [1.165, 1.54) is 6.07 Å². The van der Waals surface area contributed by atoms with Gasteiger partial charge in [0.05, 0.1) is 6.42 Å². The van der Waals surface area contributed by atoms with Crippen molar-refractivity contribution in [1.29, 1.82) is 0 Å². The predicted molar refractivity (Wildman–Crippen MR) is 70.7 cm³/mol. The van der Waals surface area contributed by atoms with Gasteiger partial charge in [-0.25, -0.2) is 8.78 Å². The Morgan fingerprint density at radius 2 is 1.89 bits per heavy atom. The minimum atomic E-state index is -0.688. The molecular formula is C13H16BrF2NO. The van der Waals surface area contributed by atoms with Crippen LogP contribution in [0.3, 0.4) is 0 Å². The van der Waals surface area contributed by atoms with Crippen LogP contribution < -0.4 is 5.32 Å². The van der Waals surface area contributed by atoms with E-state index < -0.39 is 11.6 Å². The Morgan fingerprint density at radius 3 is 2.39 bits per heavy atom. The van der Waals surface area contributed by atoms with Crippen LogP contribution in [0.15, 0.2) is 18.2 Å². The molecule has 0 heterocycles. The number of rotatable bonds is 5. The summed E-state index contributed by atoms with van der Waals surface area (Å²) in [5.74, 6) is -1.75. The van der Waals surface area contributed by atoms with Gasteiger partial charge in [-0.3, -0.25) is 4.79 Å². The second kappa shape index (κ2) is 6.83. The zero-order chi connectivity index (χ0) is 13.7. The Hall–Kier alpha value is -0.970. The fraction of sp³-hybridized carbons (Fsp3) is 0.462. The molecule has 0 aliphatic carbocycles. The van der Waals surface area contributed by atoms with Gasteiger partial charge in [0.2, 0.25) is 5.91 Å². The molecule has 18 heavy (non-hydrogen) atoms. The molecule has 0 aliphatic heterocycles. The average Bonchev–Trinajstić information content (AvgIpc) is 2.22. The summed E-state index contributed by atoms with van der Waals surface area (Å²) in [7, 11) is 0. The molecule has 0 spiro atoms. The number of halogens is 3. The molecule has 0 saturated heterocycles. The Morgan fingerprint density at radius 1 is 1.33 bits per heavy atom. The highest BCUT2D eigenvalue weighted by Crippen LogP contribution is 2.13. The Bertz CT molecular complexity index is 403. The standard InChI is InChI=1S/C13H16BrF2NO/c1-8(14)6-9(2)17-13(18)7-10-11(15)4-3-5-12(10)16/h3-5,8-9H,6-7H2,1-2H3,(H,17,18). The van der Waals surface area contributed by atoms with E-state index in [-0.39, 0.29) is 28.8 Å². The maximum absolute atomic E-state index is 13.3. The lowest BCUT2D eigenvalue weighted by Crippen LogP contribution is -2.35. The van der Waals surface area contributed by atoms with Crippen LogP contribution in [0.5, 0.6) is 0 Å². The monoisotopic (exact) mass is 319 g/mol. The summed E-state index contributed by atoms with van der Waals surface area (Å²) in [4.78, 5) is 11.9. The van der Waals surface area contributed by atoms with E-state index in [0.29, 0.717) is 0 Å². The number of alkyl halides is 1. The molecule has 2 nitrogen and oxygen atoms in total. The SMILES string of the molecule is CC(Br)CC(C)NC(=O)Cc1c(F)cccc1F. The lowest BCUT2D eigenvalue weighted by molar-refractivity contribution is -0.121. The number of carbonyl (C=O) groups excluding carboxylic acids is 1.